The fraction of sp³-hybridized carbons (Fsp3) is 0.250. The fourth-order valence-electron chi connectivity index (χ4n) is 1.76. The van der Waals surface area contributed by atoms with Crippen LogP contribution < -0.4 is 10.6 Å². The molecule has 7 heteroatoms. The van der Waals surface area contributed by atoms with Gasteiger partial charge in [-0.3, -0.25) is 19.7 Å². The predicted molar refractivity (Wildman–Crippen MR) is 72.8 cm³/mol. The zero-order chi connectivity index (χ0) is 14.0. The van der Waals surface area contributed by atoms with E-state index in [0.29, 0.717) is 21.5 Å². The minimum Gasteiger partial charge on any atom is -0.340 e. The molecular weight excluding hydrogens is 336 g/mol. The lowest BCUT2D eigenvalue weighted by Gasteiger charge is -2.21. The van der Waals surface area contributed by atoms with E-state index in [0.717, 1.165) is 0 Å². The van der Waals surface area contributed by atoms with Crippen molar-refractivity contribution in [1.29, 1.82) is 0 Å². The first-order chi connectivity index (χ1) is 8.95. The molecule has 1 aromatic carbocycles. The van der Waals surface area contributed by atoms with Gasteiger partial charge in [-0.1, -0.05) is 27.5 Å². The summed E-state index contributed by atoms with van der Waals surface area (Å²) in [4.78, 5) is 34.5. The Labute approximate surface area is 122 Å². The van der Waals surface area contributed by atoms with Crippen molar-refractivity contribution in [2.75, 3.05) is 0 Å². The van der Waals surface area contributed by atoms with Gasteiger partial charge in [0.2, 0.25) is 11.8 Å². The van der Waals surface area contributed by atoms with Gasteiger partial charge in [0.1, 0.15) is 6.04 Å². The van der Waals surface area contributed by atoms with Gasteiger partial charge in [0, 0.05) is 21.5 Å². The molecule has 3 amide bonds. The van der Waals surface area contributed by atoms with Gasteiger partial charge in [0.25, 0.3) is 5.91 Å². The molecule has 100 valence electrons. The molecule has 0 bridgehead atoms. The smallest absolute Gasteiger partial charge is 0.252 e. The van der Waals surface area contributed by atoms with Crippen molar-refractivity contribution in [3.8, 4) is 0 Å². The molecule has 1 atom stereocenters. The Morgan fingerprint density at radius 2 is 2.11 bits per heavy atom. The van der Waals surface area contributed by atoms with Crippen molar-refractivity contribution < 1.29 is 14.4 Å². The van der Waals surface area contributed by atoms with Crippen LogP contribution >= 0.6 is 27.5 Å². The Hall–Kier alpha value is -1.40. The first kappa shape index (κ1) is 14.0. The lowest BCUT2D eigenvalue weighted by molar-refractivity contribution is -0.134. The van der Waals surface area contributed by atoms with Crippen LogP contribution in [-0.4, -0.2) is 23.8 Å². The van der Waals surface area contributed by atoms with E-state index in [1.807, 2.05) is 0 Å². The van der Waals surface area contributed by atoms with Gasteiger partial charge >= 0.3 is 0 Å². The zero-order valence-corrected chi connectivity index (χ0v) is 12.0. The highest BCUT2D eigenvalue weighted by Gasteiger charge is 2.28. The third-order valence-corrected chi connectivity index (χ3v) is 3.35. The first-order valence-electron chi connectivity index (χ1n) is 5.56. The number of nitrogens with one attached hydrogen (secondary N) is 2. The summed E-state index contributed by atoms with van der Waals surface area (Å²) in [7, 11) is 0. The van der Waals surface area contributed by atoms with Crippen LogP contribution in [0.25, 0.3) is 0 Å². The summed E-state index contributed by atoms with van der Waals surface area (Å²) in [6.45, 7) is 0. The third-order valence-electron chi connectivity index (χ3n) is 2.67. The maximum Gasteiger partial charge on any atom is 0.252 e. The molecule has 1 aliphatic heterocycles. The Kier molecular flexibility index (Phi) is 4.21. The quantitative estimate of drug-likeness (QED) is 0.800. The van der Waals surface area contributed by atoms with Gasteiger partial charge in [-0.15, -0.1) is 0 Å². The number of imide groups is 1. The molecule has 19 heavy (non-hydrogen) atoms. The van der Waals surface area contributed by atoms with Crippen molar-refractivity contribution in [2.45, 2.75) is 18.9 Å². The highest BCUT2D eigenvalue weighted by atomic mass is 79.9. The molecule has 0 aliphatic carbocycles. The van der Waals surface area contributed by atoms with Gasteiger partial charge in [-0.25, -0.2) is 0 Å². The maximum atomic E-state index is 12.0. The minimum absolute atomic E-state index is 0.218. The molecule has 1 heterocycles. The van der Waals surface area contributed by atoms with Gasteiger partial charge in [-0.2, -0.15) is 0 Å². The molecule has 1 unspecified atom stereocenters. The van der Waals surface area contributed by atoms with Crippen molar-refractivity contribution in [3.63, 3.8) is 0 Å². The number of carbonyl (C=O) groups is 3. The van der Waals surface area contributed by atoms with E-state index in [-0.39, 0.29) is 12.3 Å². The van der Waals surface area contributed by atoms with Gasteiger partial charge in [0.15, 0.2) is 0 Å². The van der Waals surface area contributed by atoms with Crippen LogP contribution in [0.1, 0.15) is 23.2 Å². The van der Waals surface area contributed by atoms with Crippen LogP contribution in [0.2, 0.25) is 5.02 Å². The number of carbonyl (C=O) groups excluding carboxylic acids is 3. The summed E-state index contributed by atoms with van der Waals surface area (Å²) < 4.78 is 0.674. The molecule has 0 spiro atoms. The summed E-state index contributed by atoms with van der Waals surface area (Å²) in [6, 6.07) is 4.08. The maximum absolute atomic E-state index is 12.0. The second-order valence-corrected chi connectivity index (χ2v) is 5.49. The lowest BCUT2D eigenvalue weighted by Crippen LogP contribution is -2.52. The van der Waals surface area contributed by atoms with E-state index in [1.54, 1.807) is 12.1 Å². The summed E-state index contributed by atoms with van der Waals surface area (Å²) >= 11 is 9.09. The second kappa shape index (κ2) is 5.71. The molecule has 2 rings (SSSR count). The van der Waals surface area contributed by atoms with E-state index in [1.165, 1.54) is 6.07 Å². The minimum atomic E-state index is -0.692. The summed E-state index contributed by atoms with van der Waals surface area (Å²) in [5, 5.41) is 5.18. The molecule has 1 aliphatic rings. The number of piperidine rings is 1. The normalized spacial score (nSPS) is 18.9. The molecule has 0 radical (unpaired) electrons. The van der Waals surface area contributed by atoms with E-state index in [2.05, 4.69) is 26.6 Å². The van der Waals surface area contributed by atoms with Gasteiger partial charge in [-0.05, 0) is 24.6 Å². The van der Waals surface area contributed by atoms with Crippen LogP contribution in [0, 0.1) is 0 Å². The molecule has 1 saturated heterocycles. The monoisotopic (exact) mass is 344 g/mol. The van der Waals surface area contributed by atoms with E-state index in [4.69, 9.17) is 11.6 Å². The molecule has 0 saturated carbocycles. The second-order valence-electron chi connectivity index (χ2n) is 4.14. The van der Waals surface area contributed by atoms with Crippen molar-refractivity contribution in [2.24, 2.45) is 0 Å². The van der Waals surface area contributed by atoms with Crippen molar-refractivity contribution >= 4 is 45.3 Å². The summed E-state index contributed by atoms with van der Waals surface area (Å²) in [5.74, 6) is -1.20. The molecule has 2 N–H and O–H groups in total. The topological polar surface area (TPSA) is 75.3 Å². The lowest BCUT2D eigenvalue weighted by atomic mass is 10.1. The average molecular weight is 346 g/mol. The number of amides is 3. The Balaban J connectivity index is 2.08. The van der Waals surface area contributed by atoms with Crippen LogP contribution in [0.3, 0.4) is 0 Å². The molecular formula is C12H10BrClN2O3. The number of halogens is 2. The van der Waals surface area contributed by atoms with Gasteiger partial charge in [0.05, 0.1) is 0 Å². The van der Waals surface area contributed by atoms with E-state index < -0.39 is 17.9 Å². The van der Waals surface area contributed by atoms with Crippen LogP contribution in [0.5, 0.6) is 0 Å². The van der Waals surface area contributed by atoms with Crippen LogP contribution in [0.4, 0.5) is 0 Å². The summed E-state index contributed by atoms with van der Waals surface area (Å²) in [5.41, 5.74) is 0.351. The molecule has 1 fully saturated rings. The molecule has 5 nitrogen and oxygen atoms in total. The van der Waals surface area contributed by atoms with E-state index >= 15 is 0 Å². The van der Waals surface area contributed by atoms with Gasteiger partial charge < -0.3 is 5.32 Å². The Morgan fingerprint density at radius 1 is 1.37 bits per heavy atom. The number of hydrogen-bond acceptors (Lipinski definition) is 3. The standard InChI is InChI=1S/C12H10BrClN2O3/c13-7-3-6(4-8(14)5-7)11(18)15-9-1-2-10(17)16-12(9)19/h3-5,9H,1-2H2,(H,15,18)(H,16,17,19). The molecule has 0 aromatic heterocycles. The summed E-state index contributed by atoms with van der Waals surface area (Å²) in [6.07, 6.45) is 0.522. The van der Waals surface area contributed by atoms with E-state index in [9.17, 15) is 14.4 Å². The Morgan fingerprint density at radius 3 is 2.74 bits per heavy atom. The highest BCUT2D eigenvalue weighted by molar-refractivity contribution is 9.10. The largest absolute Gasteiger partial charge is 0.340 e. The molecule has 1 aromatic rings. The average Bonchev–Trinajstić information content (AvgIpc) is 2.31. The third kappa shape index (κ3) is 3.54. The number of benzene rings is 1. The number of hydrogen-bond donors (Lipinski definition) is 2. The Bertz CT molecular complexity index is 542. The van der Waals surface area contributed by atoms with Crippen molar-refractivity contribution in [3.05, 3.63) is 33.3 Å². The van der Waals surface area contributed by atoms with Crippen molar-refractivity contribution in [1.82, 2.24) is 10.6 Å². The highest BCUT2D eigenvalue weighted by Crippen LogP contribution is 2.19. The van der Waals surface area contributed by atoms with Crippen LogP contribution in [-0.2, 0) is 9.59 Å². The SMILES string of the molecule is O=C1CCC(NC(=O)c2cc(Cl)cc(Br)c2)C(=O)N1. The predicted octanol–water partition coefficient (Wildman–Crippen LogP) is 1.64. The number of rotatable bonds is 2. The first-order valence-corrected chi connectivity index (χ1v) is 6.73. The zero-order valence-electron chi connectivity index (χ0n) is 9.70. The van der Waals surface area contributed by atoms with Crippen LogP contribution in [0.15, 0.2) is 22.7 Å². The fourth-order valence-corrected chi connectivity index (χ4v) is 2.62.